The number of hydrogen-bond acceptors (Lipinski definition) is 6. The van der Waals surface area contributed by atoms with Crippen LogP contribution in [0.1, 0.15) is 34.3 Å². The molecule has 1 atom stereocenters. The zero-order chi connectivity index (χ0) is 21.3. The molecule has 1 amide bonds. The quantitative estimate of drug-likeness (QED) is 0.629. The van der Waals surface area contributed by atoms with Crippen LogP contribution in [0.2, 0.25) is 0 Å². The number of carbonyl (C=O) groups excluding carboxylic acids is 1. The van der Waals surface area contributed by atoms with Gasteiger partial charge >= 0.3 is 5.63 Å². The number of ether oxygens (including phenoxy) is 2. The first kappa shape index (κ1) is 20.0. The van der Waals surface area contributed by atoms with Crippen molar-refractivity contribution in [3.8, 4) is 11.5 Å². The SMILES string of the molecule is COc1ccc2c(c1)CCC[C@]2(O)CNC(=O)c1cc2cccc(OC)c2oc1=O. The lowest BCUT2D eigenvalue weighted by atomic mass is 9.79. The van der Waals surface area contributed by atoms with Gasteiger partial charge in [0.05, 0.1) is 20.8 Å². The second kappa shape index (κ2) is 7.84. The molecule has 3 aromatic rings. The maximum atomic E-state index is 12.7. The molecule has 0 spiro atoms. The van der Waals surface area contributed by atoms with E-state index >= 15 is 0 Å². The minimum absolute atomic E-state index is 0.0131. The van der Waals surface area contributed by atoms with Crippen LogP contribution in [0.5, 0.6) is 11.5 Å². The predicted molar refractivity (Wildman–Crippen MR) is 111 cm³/mol. The summed E-state index contributed by atoms with van der Waals surface area (Å²) >= 11 is 0. The molecule has 2 aromatic carbocycles. The van der Waals surface area contributed by atoms with E-state index in [1.165, 1.54) is 13.2 Å². The molecule has 0 bridgehead atoms. The van der Waals surface area contributed by atoms with Crippen LogP contribution in [0.4, 0.5) is 0 Å². The first-order chi connectivity index (χ1) is 14.4. The number of hydrogen-bond donors (Lipinski definition) is 2. The van der Waals surface area contributed by atoms with Gasteiger partial charge in [-0.1, -0.05) is 18.2 Å². The molecule has 0 unspecified atom stereocenters. The van der Waals surface area contributed by atoms with Crippen LogP contribution in [0.25, 0.3) is 11.0 Å². The van der Waals surface area contributed by atoms with Crippen LogP contribution in [0.3, 0.4) is 0 Å². The minimum Gasteiger partial charge on any atom is -0.497 e. The Morgan fingerprint density at radius 3 is 2.80 bits per heavy atom. The lowest BCUT2D eigenvalue weighted by Gasteiger charge is -2.34. The van der Waals surface area contributed by atoms with Crippen molar-refractivity contribution < 1.29 is 23.8 Å². The van der Waals surface area contributed by atoms with Crippen LogP contribution in [-0.4, -0.2) is 31.8 Å². The Bertz CT molecular complexity index is 1170. The van der Waals surface area contributed by atoms with Crippen LogP contribution >= 0.6 is 0 Å². The van der Waals surface area contributed by atoms with E-state index < -0.39 is 17.1 Å². The number of benzene rings is 2. The van der Waals surface area contributed by atoms with Crippen LogP contribution < -0.4 is 20.4 Å². The summed E-state index contributed by atoms with van der Waals surface area (Å²) in [5.74, 6) is 0.550. The van der Waals surface area contributed by atoms with Gasteiger partial charge in [-0.25, -0.2) is 4.79 Å². The van der Waals surface area contributed by atoms with Crippen molar-refractivity contribution >= 4 is 16.9 Å². The Hall–Kier alpha value is -3.32. The van der Waals surface area contributed by atoms with E-state index in [-0.39, 0.29) is 17.7 Å². The van der Waals surface area contributed by atoms with E-state index in [1.54, 1.807) is 31.4 Å². The van der Waals surface area contributed by atoms with Gasteiger partial charge in [0.2, 0.25) is 0 Å². The standard InChI is InChI=1S/C23H23NO6/c1-28-16-8-9-18-14(11-16)6-4-10-23(18,27)13-24-21(25)17-12-15-5-3-7-19(29-2)20(15)30-22(17)26/h3,5,7-9,11-12,27H,4,6,10,13H2,1-2H3,(H,24,25)/t23-/m0/s1. The van der Waals surface area contributed by atoms with E-state index in [9.17, 15) is 14.7 Å². The number of methoxy groups -OCH3 is 2. The van der Waals surface area contributed by atoms with E-state index in [4.69, 9.17) is 13.9 Å². The smallest absolute Gasteiger partial charge is 0.349 e. The van der Waals surface area contributed by atoms with Gasteiger partial charge in [0, 0.05) is 5.39 Å². The summed E-state index contributed by atoms with van der Waals surface area (Å²) in [4.78, 5) is 25.1. The molecule has 7 heteroatoms. The molecule has 0 saturated heterocycles. The summed E-state index contributed by atoms with van der Waals surface area (Å²) in [5, 5.41) is 14.5. The highest BCUT2D eigenvalue weighted by atomic mass is 16.5. The van der Waals surface area contributed by atoms with Crippen molar-refractivity contribution in [3.63, 3.8) is 0 Å². The number of aryl methyl sites for hydroxylation is 1. The fourth-order valence-corrected chi connectivity index (χ4v) is 4.01. The lowest BCUT2D eigenvalue weighted by Crippen LogP contribution is -2.43. The first-order valence-corrected chi connectivity index (χ1v) is 9.74. The summed E-state index contributed by atoms with van der Waals surface area (Å²) in [7, 11) is 3.08. The third-order valence-corrected chi connectivity index (χ3v) is 5.58. The second-order valence-electron chi connectivity index (χ2n) is 7.42. The van der Waals surface area contributed by atoms with E-state index in [2.05, 4.69) is 5.32 Å². The Kier molecular flexibility index (Phi) is 5.22. The van der Waals surface area contributed by atoms with Crippen molar-refractivity contribution in [2.45, 2.75) is 24.9 Å². The Morgan fingerprint density at radius 1 is 1.20 bits per heavy atom. The van der Waals surface area contributed by atoms with E-state index in [0.717, 1.165) is 29.7 Å². The average molecular weight is 409 g/mol. The van der Waals surface area contributed by atoms with Crippen molar-refractivity contribution in [1.29, 1.82) is 0 Å². The Morgan fingerprint density at radius 2 is 2.03 bits per heavy atom. The minimum atomic E-state index is -1.21. The highest BCUT2D eigenvalue weighted by Crippen LogP contribution is 2.36. The second-order valence-corrected chi connectivity index (χ2v) is 7.42. The summed E-state index contributed by atoms with van der Waals surface area (Å²) in [6.07, 6.45) is 2.12. The number of para-hydroxylation sites is 1. The van der Waals surface area contributed by atoms with Crippen molar-refractivity contribution in [2.75, 3.05) is 20.8 Å². The third-order valence-electron chi connectivity index (χ3n) is 5.58. The number of amides is 1. The number of carbonyl (C=O) groups is 1. The van der Waals surface area contributed by atoms with Gasteiger partial charge in [0.1, 0.15) is 16.9 Å². The third kappa shape index (κ3) is 3.52. The molecule has 0 radical (unpaired) electrons. The molecule has 0 saturated carbocycles. The van der Waals surface area contributed by atoms with Crippen LogP contribution in [0, 0.1) is 0 Å². The molecule has 4 rings (SSSR count). The maximum absolute atomic E-state index is 12.7. The topological polar surface area (TPSA) is 98.0 Å². The van der Waals surface area contributed by atoms with Gasteiger partial charge in [-0.3, -0.25) is 4.79 Å². The average Bonchev–Trinajstić information content (AvgIpc) is 2.76. The van der Waals surface area contributed by atoms with E-state index in [1.807, 2.05) is 12.1 Å². The van der Waals surface area contributed by atoms with E-state index in [0.29, 0.717) is 17.6 Å². The monoisotopic (exact) mass is 409 g/mol. The molecule has 1 aliphatic carbocycles. The molecule has 1 aromatic heterocycles. The molecular weight excluding hydrogens is 386 g/mol. The zero-order valence-electron chi connectivity index (χ0n) is 16.9. The molecule has 0 aliphatic heterocycles. The van der Waals surface area contributed by atoms with Gasteiger partial charge in [-0.15, -0.1) is 0 Å². The summed E-state index contributed by atoms with van der Waals surface area (Å²) < 4.78 is 15.8. The molecule has 1 aliphatic rings. The van der Waals surface area contributed by atoms with Crippen LogP contribution in [0.15, 0.2) is 51.7 Å². The maximum Gasteiger partial charge on any atom is 0.349 e. The molecule has 156 valence electrons. The summed E-state index contributed by atoms with van der Waals surface area (Å²) in [6, 6.07) is 12.2. The van der Waals surface area contributed by atoms with Gasteiger partial charge in [-0.2, -0.15) is 0 Å². The lowest BCUT2D eigenvalue weighted by molar-refractivity contribution is 0.0188. The van der Waals surface area contributed by atoms with Gasteiger partial charge in [0.15, 0.2) is 11.3 Å². The molecule has 7 nitrogen and oxygen atoms in total. The number of aliphatic hydroxyl groups is 1. The Balaban J connectivity index is 1.59. The largest absolute Gasteiger partial charge is 0.497 e. The predicted octanol–water partition coefficient (Wildman–Crippen LogP) is 2.76. The normalized spacial score (nSPS) is 18.0. The van der Waals surface area contributed by atoms with Crippen LogP contribution in [-0.2, 0) is 12.0 Å². The van der Waals surface area contributed by atoms with Crippen molar-refractivity contribution in [3.05, 3.63) is 69.6 Å². The molecule has 30 heavy (non-hydrogen) atoms. The molecule has 2 N–H and O–H groups in total. The fourth-order valence-electron chi connectivity index (χ4n) is 4.01. The fraction of sp³-hybridized carbons (Fsp3) is 0.304. The van der Waals surface area contributed by atoms with Gasteiger partial charge in [-0.05, 0) is 54.7 Å². The summed E-state index contributed by atoms with van der Waals surface area (Å²) in [5.41, 5.74) is -0.0408. The molecular formula is C23H23NO6. The first-order valence-electron chi connectivity index (χ1n) is 9.74. The number of fused-ring (bicyclic) bond motifs is 2. The molecule has 1 heterocycles. The van der Waals surface area contributed by atoms with Gasteiger partial charge < -0.3 is 24.3 Å². The number of nitrogens with one attached hydrogen (secondary N) is 1. The highest BCUT2D eigenvalue weighted by Gasteiger charge is 2.35. The summed E-state index contributed by atoms with van der Waals surface area (Å²) in [6.45, 7) is -0.0131. The zero-order valence-corrected chi connectivity index (χ0v) is 16.9. The Labute approximate surface area is 173 Å². The van der Waals surface area contributed by atoms with Crippen molar-refractivity contribution in [1.82, 2.24) is 5.32 Å². The van der Waals surface area contributed by atoms with Crippen molar-refractivity contribution in [2.24, 2.45) is 0 Å². The van der Waals surface area contributed by atoms with Gasteiger partial charge in [0.25, 0.3) is 5.91 Å². The number of rotatable bonds is 5. The molecule has 0 fully saturated rings. The highest BCUT2D eigenvalue weighted by molar-refractivity contribution is 5.97.